The van der Waals surface area contributed by atoms with Crippen LogP contribution in [0.25, 0.3) is 11.1 Å². The van der Waals surface area contributed by atoms with E-state index < -0.39 is 48.8 Å². The van der Waals surface area contributed by atoms with Crippen LogP contribution in [0.5, 0.6) is 0 Å². The highest BCUT2D eigenvalue weighted by Crippen LogP contribution is 2.44. The molecule has 2 aromatic rings. The topological polar surface area (TPSA) is 95.9 Å². The summed E-state index contributed by atoms with van der Waals surface area (Å²) < 4.78 is 31.9. The van der Waals surface area contributed by atoms with Crippen LogP contribution in [0.2, 0.25) is 0 Å². The molecular weight excluding hydrogens is 458 g/mol. The molecule has 0 radical (unpaired) electrons. The van der Waals surface area contributed by atoms with Crippen molar-refractivity contribution in [3.63, 3.8) is 0 Å². The average molecular weight is 487 g/mol. The summed E-state index contributed by atoms with van der Waals surface area (Å²) in [4.78, 5) is 38.2. The number of fused-ring (bicyclic) bond motifs is 3. The first kappa shape index (κ1) is 24.6. The van der Waals surface area contributed by atoms with Crippen LogP contribution in [-0.2, 0) is 14.3 Å². The van der Waals surface area contributed by atoms with Gasteiger partial charge >= 0.3 is 12.1 Å². The molecule has 1 saturated heterocycles. The predicted octanol–water partition coefficient (Wildman–Crippen LogP) is 4.26. The van der Waals surface area contributed by atoms with Crippen LogP contribution >= 0.6 is 0 Å². The number of hydrogen-bond donors (Lipinski definition) is 2. The molecular formula is C26H28F2N2O5. The first-order valence-electron chi connectivity index (χ1n) is 11.7. The zero-order valence-corrected chi connectivity index (χ0v) is 19.3. The number of alkyl halides is 2. The van der Waals surface area contributed by atoms with E-state index in [-0.39, 0.29) is 31.9 Å². The van der Waals surface area contributed by atoms with Crippen molar-refractivity contribution in [3.8, 4) is 11.1 Å². The Morgan fingerprint density at radius 1 is 1.09 bits per heavy atom. The van der Waals surface area contributed by atoms with Gasteiger partial charge in [-0.2, -0.15) is 0 Å². The fraction of sp³-hybridized carbons (Fsp3) is 0.423. The van der Waals surface area contributed by atoms with Gasteiger partial charge in [0.1, 0.15) is 12.6 Å². The predicted molar refractivity (Wildman–Crippen MR) is 124 cm³/mol. The second-order valence-corrected chi connectivity index (χ2v) is 9.09. The normalized spacial score (nSPS) is 20.2. The highest BCUT2D eigenvalue weighted by molar-refractivity contribution is 5.86. The molecule has 2 aromatic carbocycles. The van der Waals surface area contributed by atoms with Crippen LogP contribution in [0.4, 0.5) is 13.6 Å². The molecule has 0 spiro atoms. The van der Waals surface area contributed by atoms with Gasteiger partial charge in [-0.05, 0) is 42.0 Å². The molecule has 9 heteroatoms. The van der Waals surface area contributed by atoms with Crippen molar-refractivity contribution in [2.45, 2.75) is 50.6 Å². The molecule has 7 nitrogen and oxygen atoms in total. The van der Waals surface area contributed by atoms with Crippen LogP contribution in [-0.4, -0.2) is 59.6 Å². The molecule has 0 aromatic heterocycles. The molecule has 3 unspecified atom stereocenters. The number of carbonyl (C=O) groups is 3. The summed E-state index contributed by atoms with van der Waals surface area (Å²) >= 11 is 0. The van der Waals surface area contributed by atoms with E-state index in [1.807, 2.05) is 48.5 Å². The molecule has 1 aliphatic heterocycles. The van der Waals surface area contributed by atoms with Crippen LogP contribution in [0.1, 0.15) is 43.2 Å². The second kappa shape index (κ2) is 10.4. The number of carboxylic acid groups (broad SMARTS) is 1. The fourth-order valence-electron chi connectivity index (χ4n) is 5.11. The summed E-state index contributed by atoms with van der Waals surface area (Å²) in [5.41, 5.74) is 4.14. The van der Waals surface area contributed by atoms with Gasteiger partial charge in [0.2, 0.25) is 12.3 Å². The van der Waals surface area contributed by atoms with Gasteiger partial charge < -0.3 is 20.1 Å². The smallest absolute Gasteiger partial charge is 0.407 e. The number of alkyl carbamates (subject to hydrolysis) is 1. The minimum atomic E-state index is -2.82. The standard InChI is InChI=1S/C26H28F2N2O5/c1-15-12-16(25(32)33)10-11-30(15)24(31)22(13-23(27)28)29-26(34)35-14-21-19-8-4-2-6-17(19)18-7-3-5-9-20(18)21/h2-9,15-16,21-23H,10-14H2,1H3,(H,29,34)(H,32,33). The molecule has 2 N–H and O–H groups in total. The maximum absolute atomic E-state index is 13.2. The summed E-state index contributed by atoms with van der Waals surface area (Å²) in [6, 6.07) is 13.7. The number of halogens is 2. The highest BCUT2D eigenvalue weighted by atomic mass is 19.3. The van der Waals surface area contributed by atoms with Gasteiger partial charge in [-0.15, -0.1) is 0 Å². The van der Waals surface area contributed by atoms with Crippen molar-refractivity contribution in [1.29, 1.82) is 0 Å². The Morgan fingerprint density at radius 2 is 1.69 bits per heavy atom. The Kier molecular flexibility index (Phi) is 7.33. The van der Waals surface area contributed by atoms with Crippen molar-refractivity contribution in [3.05, 3.63) is 59.7 Å². The lowest BCUT2D eigenvalue weighted by atomic mass is 9.91. The van der Waals surface area contributed by atoms with Crippen molar-refractivity contribution < 1.29 is 33.0 Å². The monoisotopic (exact) mass is 486 g/mol. The molecule has 186 valence electrons. The van der Waals surface area contributed by atoms with E-state index in [4.69, 9.17) is 4.74 Å². The quantitative estimate of drug-likeness (QED) is 0.610. The molecule has 4 rings (SSSR count). The number of nitrogens with one attached hydrogen (secondary N) is 1. The van der Waals surface area contributed by atoms with Crippen LogP contribution in [0, 0.1) is 5.92 Å². The van der Waals surface area contributed by atoms with Crippen molar-refractivity contribution in [2.24, 2.45) is 5.92 Å². The minimum Gasteiger partial charge on any atom is -0.481 e. The number of benzene rings is 2. The summed E-state index contributed by atoms with van der Waals surface area (Å²) in [7, 11) is 0. The maximum atomic E-state index is 13.2. The molecule has 2 amide bonds. The van der Waals surface area contributed by atoms with Gasteiger partial charge in [0, 0.05) is 24.9 Å². The number of ether oxygens (including phenoxy) is 1. The van der Waals surface area contributed by atoms with E-state index in [0.29, 0.717) is 0 Å². The van der Waals surface area contributed by atoms with Gasteiger partial charge in [0.15, 0.2) is 0 Å². The van der Waals surface area contributed by atoms with Gasteiger partial charge in [-0.1, -0.05) is 48.5 Å². The molecule has 1 fully saturated rings. The third-order valence-electron chi connectivity index (χ3n) is 6.86. The third kappa shape index (κ3) is 5.28. The van der Waals surface area contributed by atoms with Crippen LogP contribution in [0.15, 0.2) is 48.5 Å². The molecule has 35 heavy (non-hydrogen) atoms. The summed E-state index contributed by atoms with van der Waals surface area (Å²) in [6.45, 7) is 1.80. The number of nitrogens with zero attached hydrogens (tertiary/aromatic N) is 1. The molecule has 1 heterocycles. The van der Waals surface area contributed by atoms with E-state index in [0.717, 1.165) is 22.3 Å². The number of rotatable bonds is 7. The lowest BCUT2D eigenvalue weighted by molar-refractivity contribution is -0.148. The van der Waals surface area contributed by atoms with Crippen molar-refractivity contribution in [2.75, 3.05) is 13.2 Å². The van der Waals surface area contributed by atoms with E-state index in [1.165, 1.54) is 4.90 Å². The number of amides is 2. The number of likely N-dealkylation sites (tertiary alicyclic amines) is 1. The zero-order chi connectivity index (χ0) is 25.1. The molecule has 0 bridgehead atoms. The van der Waals surface area contributed by atoms with E-state index in [9.17, 15) is 28.3 Å². The third-order valence-corrected chi connectivity index (χ3v) is 6.86. The number of carboxylic acids is 1. The van der Waals surface area contributed by atoms with Gasteiger partial charge in [-0.25, -0.2) is 13.6 Å². The summed E-state index contributed by atoms with van der Waals surface area (Å²) in [6.07, 6.45) is -4.15. The van der Waals surface area contributed by atoms with E-state index >= 15 is 0 Å². The number of aliphatic carboxylic acids is 1. The molecule has 3 atom stereocenters. The largest absolute Gasteiger partial charge is 0.481 e. The number of hydrogen-bond acceptors (Lipinski definition) is 4. The summed E-state index contributed by atoms with van der Waals surface area (Å²) in [5, 5.41) is 11.5. The van der Waals surface area contributed by atoms with Gasteiger partial charge in [0.05, 0.1) is 5.92 Å². The Labute approximate surface area is 202 Å². The average Bonchev–Trinajstić information content (AvgIpc) is 3.15. The number of carbonyl (C=O) groups excluding carboxylic acids is 2. The molecule has 1 aliphatic carbocycles. The fourth-order valence-corrected chi connectivity index (χ4v) is 5.11. The number of piperidine rings is 1. The first-order chi connectivity index (χ1) is 16.8. The summed E-state index contributed by atoms with van der Waals surface area (Å²) in [5.74, 6) is -2.38. The van der Waals surface area contributed by atoms with Crippen molar-refractivity contribution >= 4 is 18.0 Å². The molecule has 2 aliphatic rings. The lowest BCUT2D eigenvalue weighted by Crippen LogP contribution is -2.54. The lowest BCUT2D eigenvalue weighted by Gasteiger charge is -2.38. The SMILES string of the molecule is CC1CC(C(=O)O)CCN1C(=O)C(CC(F)F)NC(=O)OCC1c2ccccc2-c2ccccc21. The Bertz CT molecular complexity index is 1060. The van der Waals surface area contributed by atoms with Crippen LogP contribution in [0.3, 0.4) is 0 Å². The maximum Gasteiger partial charge on any atom is 0.407 e. The Morgan fingerprint density at radius 3 is 2.23 bits per heavy atom. The van der Waals surface area contributed by atoms with Gasteiger partial charge in [0.25, 0.3) is 0 Å². The first-order valence-corrected chi connectivity index (χ1v) is 11.7. The van der Waals surface area contributed by atoms with Gasteiger partial charge in [-0.3, -0.25) is 9.59 Å². The second-order valence-electron chi connectivity index (χ2n) is 9.09. The highest BCUT2D eigenvalue weighted by Gasteiger charge is 2.37. The minimum absolute atomic E-state index is 0.00411. The van der Waals surface area contributed by atoms with Crippen LogP contribution < -0.4 is 5.32 Å². The Balaban J connectivity index is 1.42. The zero-order valence-electron chi connectivity index (χ0n) is 19.3. The van der Waals surface area contributed by atoms with E-state index in [1.54, 1.807) is 6.92 Å². The van der Waals surface area contributed by atoms with Crippen molar-refractivity contribution in [1.82, 2.24) is 10.2 Å². The Hall–Kier alpha value is -3.49. The molecule has 0 saturated carbocycles. The van der Waals surface area contributed by atoms with E-state index in [2.05, 4.69) is 5.32 Å².